The summed E-state index contributed by atoms with van der Waals surface area (Å²) >= 11 is 1.75. The van der Waals surface area contributed by atoms with Gasteiger partial charge >= 0.3 is 0 Å². The largest absolute Gasteiger partial charge is 0.353 e. The van der Waals surface area contributed by atoms with E-state index in [-0.39, 0.29) is 24.2 Å². The number of thiophene rings is 1. The van der Waals surface area contributed by atoms with Gasteiger partial charge in [-0.2, -0.15) is 0 Å². The quantitative estimate of drug-likeness (QED) is 0.897. The zero-order chi connectivity index (χ0) is 14.5. The van der Waals surface area contributed by atoms with Crippen LogP contribution in [0.1, 0.15) is 22.2 Å². The molecule has 0 bridgehead atoms. The molecule has 1 atom stereocenters. The molecule has 1 heterocycles. The maximum Gasteiger partial charge on any atom is 0.224 e. The van der Waals surface area contributed by atoms with Crippen molar-refractivity contribution in [2.75, 3.05) is 0 Å². The highest BCUT2D eigenvalue weighted by Crippen LogP contribution is 2.16. The number of rotatable bonds is 5. The Balaban J connectivity index is 1.84. The molecule has 4 heteroatoms. The lowest BCUT2D eigenvalue weighted by Gasteiger charge is -2.13. The topological polar surface area (TPSA) is 29.1 Å². The number of aryl methyl sites for hydroxylation is 1. The SMILES string of the molecule is Cc1ccc(CC(C)NC(=O)Cc2cccc(F)c2)s1. The first-order valence-corrected chi connectivity index (χ1v) is 7.43. The monoisotopic (exact) mass is 291 g/mol. The Hall–Kier alpha value is -1.68. The average molecular weight is 291 g/mol. The van der Waals surface area contributed by atoms with Crippen molar-refractivity contribution in [3.63, 3.8) is 0 Å². The molecule has 20 heavy (non-hydrogen) atoms. The fourth-order valence-corrected chi connectivity index (χ4v) is 3.12. The van der Waals surface area contributed by atoms with E-state index < -0.39 is 0 Å². The molecule has 0 fully saturated rings. The molecule has 1 aromatic carbocycles. The van der Waals surface area contributed by atoms with Crippen molar-refractivity contribution in [3.8, 4) is 0 Å². The number of halogens is 1. The summed E-state index contributed by atoms with van der Waals surface area (Å²) in [6.45, 7) is 4.06. The number of nitrogens with one attached hydrogen (secondary N) is 1. The van der Waals surface area contributed by atoms with Crippen LogP contribution in [0, 0.1) is 12.7 Å². The number of carbonyl (C=O) groups is 1. The van der Waals surface area contributed by atoms with Crippen LogP contribution in [0.4, 0.5) is 4.39 Å². The first-order chi connectivity index (χ1) is 9.52. The average Bonchev–Trinajstić information content (AvgIpc) is 2.74. The van der Waals surface area contributed by atoms with Gasteiger partial charge in [-0.05, 0) is 43.7 Å². The Labute approximate surface area is 122 Å². The summed E-state index contributed by atoms with van der Waals surface area (Å²) in [6.07, 6.45) is 1.04. The number of hydrogen-bond acceptors (Lipinski definition) is 2. The molecule has 106 valence electrons. The third-order valence-electron chi connectivity index (χ3n) is 2.96. The minimum atomic E-state index is -0.308. The molecule has 1 amide bonds. The minimum Gasteiger partial charge on any atom is -0.353 e. The molecule has 2 nitrogen and oxygen atoms in total. The maximum absolute atomic E-state index is 13.0. The smallest absolute Gasteiger partial charge is 0.224 e. The Morgan fingerprint density at radius 1 is 1.35 bits per heavy atom. The Morgan fingerprint density at radius 3 is 2.80 bits per heavy atom. The molecule has 1 N–H and O–H groups in total. The zero-order valence-electron chi connectivity index (χ0n) is 11.7. The van der Waals surface area contributed by atoms with Crippen molar-refractivity contribution in [1.82, 2.24) is 5.32 Å². The van der Waals surface area contributed by atoms with Crippen LogP contribution < -0.4 is 5.32 Å². The summed E-state index contributed by atoms with van der Waals surface area (Å²) in [5, 5.41) is 2.95. The normalized spacial score (nSPS) is 12.2. The van der Waals surface area contributed by atoms with Gasteiger partial charge in [-0.1, -0.05) is 12.1 Å². The van der Waals surface area contributed by atoms with Gasteiger partial charge in [0.2, 0.25) is 5.91 Å². The molecular formula is C16H18FNOS. The highest BCUT2D eigenvalue weighted by Gasteiger charge is 2.10. The Morgan fingerprint density at radius 2 is 2.15 bits per heavy atom. The summed E-state index contributed by atoms with van der Waals surface area (Å²) in [7, 11) is 0. The summed E-state index contributed by atoms with van der Waals surface area (Å²) in [5.74, 6) is -0.381. The Bertz CT molecular complexity index is 594. The van der Waals surface area contributed by atoms with Gasteiger partial charge in [0.25, 0.3) is 0 Å². The van der Waals surface area contributed by atoms with Gasteiger partial charge in [0.15, 0.2) is 0 Å². The summed E-state index contributed by atoms with van der Waals surface area (Å²) in [5.41, 5.74) is 0.696. The molecule has 1 aromatic heterocycles. The number of carbonyl (C=O) groups excluding carboxylic acids is 1. The van der Waals surface area contributed by atoms with Gasteiger partial charge in [-0.3, -0.25) is 4.79 Å². The molecule has 0 aliphatic rings. The number of hydrogen-bond donors (Lipinski definition) is 1. The third kappa shape index (κ3) is 4.46. The van der Waals surface area contributed by atoms with E-state index in [2.05, 4.69) is 24.4 Å². The van der Waals surface area contributed by atoms with Gasteiger partial charge in [0.05, 0.1) is 6.42 Å². The lowest BCUT2D eigenvalue weighted by Crippen LogP contribution is -2.34. The molecule has 0 spiro atoms. The van der Waals surface area contributed by atoms with Crippen LogP contribution in [0.15, 0.2) is 36.4 Å². The maximum atomic E-state index is 13.0. The van der Waals surface area contributed by atoms with E-state index >= 15 is 0 Å². The highest BCUT2D eigenvalue weighted by molar-refractivity contribution is 7.11. The van der Waals surface area contributed by atoms with Crippen LogP contribution in [0.25, 0.3) is 0 Å². The van der Waals surface area contributed by atoms with Gasteiger partial charge in [-0.25, -0.2) is 4.39 Å². The predicted octanol–water partition coefficient (Wildman–Crippen LogP) is 3.49. The highest BCUT2D eigenvalue weighted by atomic mass is 32.1. The van der Waals surface area contributed by atoms with E-state index in [1.54, 1.807) is 23.5 Å². The number of benzene rings is 1. The fraction of sp³-hybridized carbons (Fsp3) is 0.312. The van der Waals surface area contributed by atoms with Crippen LogP contribution in [-0.2, 0) is 17.6 Å². The van der Waals surface area contributed by atoms with Gasteiger partial charge < -0.3 is 5.32 Å². The minimum absolute atomic E-state index is 0.0728. The van der Waals surface area contributed by atoms with E-state index in [4.69, 9.17) is 0 Å². The van der Waals surface area contributed by atoms with Crippen LogP contribution in [-0.4, -0.2) is 11.9 Å². The third-order valence-corrected chi connectivity index (χ3v) is 3.99. The molecule has 1 unspecified atom stereocenters. The molecule has 0 radical (unpaired) electrons. The van der Waals surface area contributed by atoms with Crippen molar-refractivity contribution in [2.24, 2.45) is 0 Å². The van der Waals surface area contributed by atoms with E-state index in [1.165, 1.54) is 21.9 Å². The van der Waals surface area contributed by atoms with E-state index in [0.717, 1.165) is 6.42 Å². The van der Waals surface area contributed by atoms with Gasteiger partial charge in [-0.15, -0.1) is 11.3 Å². The van der Waals surface area contributed by atoms with Crippen molar-refractivity contribution in [3.05, 3.63) is 57.5 Å². The first-order valence-electron chi connectivity index (χ1n) is 6.62. The van der Waals surface area contributed by atoms with Crippen molar-refractivity contribution < 1.29 is 9.18 Å². The van der Waals surface area contributed by atoms with E-state index in [0.29, 0.717) is 5.56 Å². The van der Waals surface area contributed by atoms with Crippen LogP contribution in [0.2, 0.25) is 0 Å². The first kappa shape index (κ1) is 14.7. The predicted molar refractivity (Wildman–Crippen MR) is 80.5 cm³/mol. The molecule has 2 aromatic rings. The lowest BCUT2D eigenvalue weighted by molar-refractivity contribution is -0.121. The summed E-state index contributed by atoms with van der Waals surface area (Å²) < 4.78 is 13.0. The molecular weight excluding hydrogens is 273 g/mol. The van der Waals surface area contributed by atoms with Crippen LogP contribution in [0.3, 0.4) is 0 Å². The second-order valence-electron chi connectivity index (χ2n) is 4.99. The fourth-order valence-electron chi connectivity index (χ4n) is 2.11. The van der Waals surface area contributed by atoms with E-state index in [9.17, 15) is 9.18 Å². The second kappa shape index (κ2) is 6.66. The second-order valence-corrected chi connectivity index (χ2v) is 6.36. The summed E-state index contributed by atoms with van der Waals surface area (Å²) in [4.78, 5) is 14.4. The molecule has 0 aliphatic carbocycles. The number of amides is 1. The van der Waals surface area contributed by atoms with Crippen LogP contribution in [0.5, 0.6) is 0 Å². The van der Waals surface area contributed by atoms with Crippen molar-refractivity contribution >= 4 is 17.2 Å². The summed E-state index contributed by atoms with van der Waals surface area (Å²) in [6, 6.07) is 10.4. The lowest BCUT2D eigenvalue weighted by atomic mass is 10.1. The molecule has 0 saturated heterocycles. The van der Waals surface area contributed by atoms with E-state index in [1.807, 2.05) is 6.92 Å². The van der Waals surface area contributed by atoms with Crippen molar-refractivity contribution in [2.45, 2.75) is 32.7 Å². The van der Waals surface area contributed by atoms with Gasteiger partial charge in [0, 0.05) is 22.2 Å². The molecule has 2 rings (SSSR count). The Kier molecular flexibility index (Phi) is 4.90. The van der Waals surface area contributed by atoms with Gasteiger partial charge in [0.1, 0.15) is 5.82 Å². The zero-order valence-corrected chi connectivity index (χ0v) is 12.5. The standard InChI is InChI=1S/C16H18FNOS/c1-11(8-15-7-6-12(2)20-15)18-16(19)10-13-4-3-5-14(17)9-13/h3-7,9,11H,8,10H2,1-2H3,(H,18,19). The van der Waals surface area contributed by atoms with Crippen LogP contribution >= 0.6 is 11.3 Å². The molecule has 0 aliphatic heterocycles. The molecule has 0 saturated carbocycles. The van der Waals surface area contributed by atoms with Crippen molar-refractivity contribution in [1.29, 1.82) is 0 Å².